The maximum atomic E-state index is 11.1. The van der Waals surface area contributed by atoms with E-state index in [1.54, 1.807) is 11.3 Å². The molecule has 2 aromatic carbocycles. The van der Waals surface area contributed by atoms with Crippen molar-refractivity contribution >= 4 is 50.3 Å². The van der Waals surface area contributed by atoms with Crippen molar-refractivity contribution in [3.63, 3.8) is 0 Å². The molecule has 0 aliphatic heterocycles. The van der Waals surface area contributed by atoms with Crippen molar-refractivity contribution in [2.24, 2.45) is 5.92 Å². The topological polar surface area (TPSA) is 59.4 Å². The zero-order valence-corrected chi connectivity index (χ0v) is 17.6. The molecule has 4 nitrogen and oxygen atoms in total. The number of carbonyl (C=O) groups is 1. The first-order chi connectivity index (χ1) is 13.5. The van der Waals surface area contributed by atoms with Crippen molar-refractivity contribution in [3.05, 3.63) is 59.1 Å². The van der Waals surface area contributed by atoms with Gasteiger partial charge in [0.1, 0.15) is 10.8 Å². The van der Waals surface area contributed by atoms with Crippen molar-refractivity contribution in [2.75, 3.05) is 12.4 Å². The van der Waals surface area contributed by atoms with Crippen LogP contribution in [0.25, 0.3) is 21.2 Å². The van der Waals surface area contributed by atoms with Crippen LogP contribution in [-0.4, -0.2) is 28.4 Å². The van der Waals surface area contributed by atoms with Gasteiger partial charge in [0, 0.05) is 4.91 Å². The summed E-state index contributed by atoms with van der Waals surface area (Å²) in [5, 5.41) is 9.93. The zero-order valence-electron chi connectivity index (χ0n) is 15.9. The highest BCUT2D eigenvalue weighted by molar-refractivity contribution is 8.09. The van der Waals surface area contributed by atoms with Crippen molar-refractivity contribution in [1.82, 2.24) is 4.98 Å². The highest BCUT2D eigenvalue weighted by Crippen LogP contribution is 2.35. The van der Waals surface area contributed by atoms with Crippen LogP contribution < -0.4 is 4.74 Å². The summed E-state index contributed by atoms with van der Waals surface area (Å²) in [5.74, 6) is 0.617. The number of thiazole rings is 1. The minimum Gasteiger partial charge on any atom is -0.494 e. The Balaban J connectivity index is 1.81. The number of ether oxygens (including phenoxy) is 1. The molecule has 1 aromatic heterocycles. The van der Waals surface area contributed by atoms with Crippen LogP contribution in [0.15, 0.2) is 48.5 Å². The van der Waals surface area contributed by atoms with Gasteiger partial charge in [-0.2, -0.15) is 0 Å². The monoisotopic (exact) mass is 413 g/mol. The number of carboxylic acids is 1. The van der Waals surface area contributed by atoms with Gasteiger partial charge in [0.25, 0.3) is 0 Å². The van der Waals surface area contributed by atoms with Gasteiger partial charge in [0.05, 0.1) is 22.6 Å². The lowest BCUT2D eigenvalue weighted by Crippen LogP contribution is -2.01. The molecule has 6 heteroatoms. The van der Waals surface area contributed by atoms with Crippen LogP contribution in [0.1, 0.15) is 30.8 Å². The van der Waals surface area contributed by atoms with Gasteiger partial charge < -0.3 is 9.84 Å². The van der Waals surface area contributed by atoms with E-state index in [2.05, 4.69) is 18.8 Å². The first kappa shape index (κ1) is 20.4. The minimum absolute atomic E-state index is 0.00183. The van der Waals surface area contributed by atoms with E-state index in [4.69, 9.17) is 9.84 Å². The molecular formula is C22H23NO3S2. The molecule has 3 aromatic rings. The average molecular weight is 414 g/mol. The van der Waals surface area contributed by atoms with Gasteiger partial charge in [0.2, 0.25) is 0 Å². The summed E-state index contributed by atoms with van der Waals surface area (Å²) >= 11 is 2.87. The smallest absolute Gasteiger partial charge is 0.313 e. The number of aromatic nitrogens is 1. The summed E-state index contributed by atoms with van der Waals surface area (Å²) in [6.45, 7) is 5.06. The van der Waals surface area contributed by atoms with Crippen molar-refractivity contribution < 1.29 is 14.6 Å². The number of carboxylic acid groups (broad SMARTS) is 1. The number of aliphatic carboxylic acids is 1. The SMILES string of the molecule is CC(C)CCOc1ccc(/C=C(\SCC(=O)O)c2nc3ccccc3s2)cc1. The second kappa shape index (κ2) is 9.75. The highest BCUT2D eigenvalue weighted by atomic mass is 32.2. The Hall–Kier alpha value is -2.31. The standard InChI is InChI=1S/C22H23NO3S2/c1-15(2)11-12-26-17-9-7-16(8-10-17)13-20(27-14-21(24)25)22-23-18-5-3-4-6-19(18)28-22/h3-10,13,15H,11-12,14H2,1-2H3,(H,24,25)/b20-13-. The molecule has 28 heavy (non-hydrogen) atoms. The fourth-order valence-corrected chi connectivity index (χ4v) is 4.35. The summed E-state index contributed by atoms with van der Waals surface area (Å²) < 4.78 is 6.86. The van der Waals surface area contributed by atoms with E-state index >= 15 is 0 Å². The Morgan fingerprint density at radius 3 is 2.64 bits per heavy atom. The largest absolute Gasteiger partial charge is 0.494 e. The molecule has 0 aliphatic carbocycles. The van der Waals surface area contributed by atoms with Gasteiger partial charge in [-0.25, -0.2) is 4.98 Å². The van der Waals surface area contributed by atoms with E-state index < -0.39 is 5.97 Å². The van der Waals surface area contributed by atoms with Crippen molar-refractivity contribution in [3.8, 4) is 5.75 Å². The summed E-state index contributed by atoms with van der Waals surface area (Å²) in [6.07, 6.45) is 3.01. The lowest BCUT2D eigenvalue weighted by molar-refractivity contribution is -0.133. The van der Waals surface area contributed by atoms with E-state index in [9.17, 15) is 4.79 Å². The Morgan fingerprint density at radius 1 is 1.21 bits per heavy atom. The van der Waals surface area contributed by atoms with E-state index in [0.717, 1.165) is 37.9 Å². The molecule has 0 radical (unpaired) electrons. The van der Waals surface area contributed by atoms with Gasteiger partial charge >= 0.3 is 5.97 Å². The van der Waals surface area contributed by atoms with Gasteiger partial charge in [-0.05, 0) is 48.2 Å². The number of benzene rings is 2. The van der Waals surface area contributed by atoms with E-state index in [1.165, 1.54) is 11.8 Å². The molecule has 0 atom stereocenters. The number of fused-ring (bicyclic) bond motifs is 1. The lowest BCUT2D eigenvalue weighted by Gasteiger charge is -2.08. The second-order valence-electron chi connectivity index (χ2n) is 6.78. The highest BCUT2D eigenvalue weighted by Gasteiger charge is 2.12. The van der Waals surface area contributed by atoms with Crippen LogP contribution >= 0.6 is 23.1 Å². The minimum atomic E-state index is -0.842. The molecule has 1 N–H and O–H groups in total. The second-order valence-corrected chi connectivity index (χ2v) is 8.83. The summed E-state index contributed by atoms with van der Waals surface area (Å²) in [6, 6.07) is 15.8. The van der Waals surface area contributed by atoms with Crippen LogP contribution in [0.3, 0.4) is 0 Å². The number of nitrogens with zero attached hydrogens (tertiary/aromatic N) is 1. The van der Waals surface area contributed by atoms with Crippen molar-refractivity contribution in [1.29, 1.82) is 0 Å². The zero-order chi connectivity index (χ0) is 19.9. The fraction of sp³-hybridized carbons (Fsp3) is 0.273. The molecule has 1 heterocycles. The Bertz CT molecular complexity index is 928. The van der Waals surface area contributed by atoms with Crippen LogP contribution in [0.4, 0.5) is 0 Å². The molecule has 0 saturated heterocycles. The number of rotatable bonds is 9. The third kappa shape index (κ3) is 5.84. The summed E-state index contributed by atoms with van der Waals surface area (Å²) in [4.78, 5) is 16.6. The number of para-hydroxylation sites is 1. The van der Waals surface area contributed by atoms with Crippen LogP contribution in [0, 0.1) is 5.92 Å². The Kier molecular flexibility index (Phi) is 7.12. The fourth-order valence-electron chi connectivity index (χ4n) is 2.51. The van der Waals surface area contributed by atoms with Gasteiger partial charge in [-0.1, -0.05) is 38.1 Å². The van der Waals surface area contributed by atoms with Gasteiger partial charge in [-0.15, -0.1) is 23.1 Å². The quantitative estimate of drug-likeness (QED) is 0.464. The lowest BCUT2D eigenvalue weighted by atomic mass is 10.1. The molecule has 146 valence electrons. The van der Waals surface area contributed by atoms with E-state index in [0.29, 0.717) is 12.5 Å². The predicted molar refractivity (Wildman–Crippen MR) is 119 cm³/mol. The van der Waals surface area contributed by atoms with Crippen LogP contribution in [0.5, 0.6) is 5.75 Å². The Labute approximate surface area is 173 Å². The molecule has 3 rings (SSSR count). The predicted octanol–water partition coefficient (Wildman–Crippen LogP) is 6.04. The number of hydrogen-bond acceptors (Lipinski definition) is 5. The molecule has 0 saturated carbocycles. The first-order valence-corrected chi connectivity index (χ1v) is 11.0. The molecule has 0 fully saturated rings. The third-order valence-corrected chi connectivity index (χ3v) is 6.21. The number of hydrogen-bond donors (Lipinski definition) is 1. The Morgan fingerprint density at radius 2 is 1.96 bits per heavy atom. The maximum Gasteiger partial charge on any atom is 0.313 e. The molecular weight excluding hydrogens is 390 g/mol. The molecule has 0 spiro atoms. The average Bonchev–Trinajstić information content (AvgIpc) is 3.10. The summed E-state index contributed by atoms with van der Waals surface area (Å²) in [7, 11) is 0. The normalized spacial score (nSPS) is 11.9. The van der Waals surface area contributed by atoms with Gasteiger partial charge in [-0.3, -0.25) is 4.79 Å². The third-order valence-electron chi connectivity index (χ3n) is 4.00. The molecule has 0 bridgehead atoms. The first-order valence-electron chi connectivity index (χ1n) is 9.16. The van der Waals surface area contributed by atoms with Crippen LogP contribution in [0.2, 0.25) is 0 Å². The molecule has 0 unspecified atom stereocenters. The van der Waals surface area contributed by atoms with Crippen LogP contribution in [-0.2, 0) is 4.79 Å². The van der Waals surface area contributed by atoms with E-state index in [-0.39, 0.29) is 5.75 Å². The van der Waals surface area contributed by atoms with Crippen molar-refractivity contribution in [2.45, 2.75) is 20.3 Å². The summed E-state index contributed by atoms with van der Waals surface area (Å²) in [5.41, 5.74) is 1.92. The molecule has 0 amide bonds. The van der Waals surface area contributed by atoms with E-state index in [1.807, 2.05) is 54.6 Å². The molecule has 0 aliphatic rings. The maximum absolute atomic E-state index is 11.1. The number of thioether (sulfide) groups is 1. The van der Waals surface area contributed by atoms with Gasteiger partial charge in [0.15, 0.2) is 0 Å².